The summed E-state index contributed by atoms with van der Waals surface area (Å²) in [6.45, 7) is 1.87. The Bertz CT molecular complexity index is 868. The van der Waals surface area contributed by atoms with E-state index in [1.54, 1.807) is 10.7 Å². The van der Waals surface area contributed by atoms with Crippen molar-refractivity contribution in [1.29, 1.82) is 0 Å². The smallest absolute Gasteiger partial charge is 0.234 e. The van der Waals surface area contributed by atoms with Crippen molar-refractivity contribution in [1.82, 2.24) is 20.2 Å². The molecule has 0 radical (unpaired) electrons. The Labute approximate surface area is 154 Å². The molecule has 1 heterocycles. The van der Waals surface area contributed by atoms with Gasteiger partial charge in [0.05, 0.1) is 17.2 Å². The molecule has 0 aliphatic carbocycles. The molecule has 1 N–H and O–H groups in total. The van der Waals surface area contributed by atoms with Crippen molar-refractivity contribution >= 4 is 35.0 Å². The highest BCUT2D eigenvalue weighted by molar-refractivity contribution is 7.99. The molecule has 6 nitrogen and oxygen atoms in total. The first-order chi connectivity index (χ1) is 12.1. The number of carbonyl (C=O) groups excluding carboxylic acids is 1. The van der Waals surface area contributed by atoms with Crippen LogP contribution in [0.5, 0.6) is 0 Å². The second-order valence-corrected chi connectivity index (χ2v) is 6.69. The number of aromatic nitrogens is 4. The van der Waals surface area contributed by atoms with Gasteiger partial charge in [-0.25, -0.2) is 0 Å². The number of tetrazole rings is 1. The molecule has 3 rings (SSSR count). The van der Waals surface area contributed by atoms with Crippen molar-refractivity contribution in [3.63, 3.8) is 0 Å². The second-order valence-electron chi connectivity index (χ2n) is 5.30. The van der Waals surface area contributed by atoms with E-state index >= 15 is 0 Å². The number of hydrogen-bond donors (Lipinski definition) is 1. The molecule has 0 atom stereocenters. The van der Waals surface area contributed by atoms with Gasteiger partial charge in [-0.05, 0) is 47.2 Å². The van der Waals surface area contributed by atoms with Gasteiger partial charge in [0, 0.05) is 10.7 Å². The summed E-state index contributed by atoms with van der Waals surface area (Å²) in [6.07, 6.45) is 0. The molecule has 0 spiro atoms. The maximum absolute atomic E-state index is 12.1. The Balaban J connectivity index is 1.56. The van der Waals surface area contributed by atoms with E-state index in [1.807, 2.05) is 49.4 Å². The Morgan fingerprint density at radius 2 is 2.00 bits per heavy atom. The zero-order valence-electron chi connectivity index (χ0n) is 13.5. The summed E-state index contributed by atoms with van der Waals surface area (Å²) in [5, 5.41) is 15.3. The lowest BCUT2D eigenvalue weighted by Gasteiger charge is -2.09. The van der Waals surface area contributed by atoms with E-state index in [4.69, 9.17) is 11.6 Å². The maximum Gasteiger partial charge on any atom is 0.234 e. The Morgan fingerprint density at radius 1 is 1.20 bits per heavy atom. The number of carbonyl (C=O) groups is 1. The van der Waals surface area contributed by atoms with Crippen LogP contribution in [0.4, 0.5) is 5.69 Å². The van der Waals surface area contributed by atoms with Gasteiger partial charge >= 0.3 is 0 Å². The number of thioether (sulfide) groups is 1. The molecule has 1 amide bonds. The van der Waals surface area contributed by atoms with Crippen LogP contribution in [0, 0.1) is 6.92 Å². The minimum atomic E-state index is -0.0888. The van der Waals surface area contributed by atoms with Crippen LogP contribution in [0.15, 0.2) is 48.5 Å². The molecule has 0 unspecified atom stereocenters. The van der Waals surface area contributed by atoms with E-state index in [2.05, 4.69) is 20.8 Å². The van der Waals surface area contributed by atoms with Crippen LogP contribution in [0.3, 0.4) is 0 Å². The standard InChI is InChI=1S/C17H16ClN5OS/c1-12-14(18)8-5-9-15(12)19-17(24)11-25-10-16-20-21-22-23(16)13-6-3-2-4-7-13/h2-9H,10-11H2,1H3,(H,19,24). The molecule has 2 aromatic carbocycles. The molecule has 0 saturated carbocycles. The van der Waals surface area contributed by atoms with Crippen molar-refractivity contribution in [2.24, 2.45) is 0 Å². The third kappa shape index (κ3) is 4.37. The zero-order chi connectivity index (χ0) is 17.6. The second kappa shape index (κ2) is 8.13. The molecular formula is C17H16ClN5OS. The normalized spacial score (nSPS) is 10.6. The number of anilines is 1. The van der Waals surface area contributed by atoms with Gasteiger partial charge in [0.25, 0.3) is 0 Å². The molecule has 3 aromatic rings. The van der Waals surface area contributed by atoms with Crippen molar-refractivity contribution < 1.29 is 4.79 Å². The minimum Gasteiger partial charge on any atom is -0.325 e. The number of nitrogens with one attached hydrogen (secondary N) is 1. The minimum absolute atomic E-state index is 0.0888. The van der Waals surface area contributed by atoms with Gasteiger partial charge in [0.15, 0.2) is 5.82 Å². The fraction of sp³-hybridized carbons (Fsp3) is 0.176. The van der Waals surface area contributed by atoms with Crippen molar-refractivity contribution in [2.75, 3.05) is 11.1 Å². The van der Waals surface area contributed by atoms with Crippen LogP contribution < -0.4 is 5.32 Å². The van der Waals surface area contributed by atoms with Crippen molar-refractivity contribution in [3.05, 3.63) is 64.9 Å². The average Bonchev–Trinajstić information content (AvgIpc) is 3.08. The van der Waals surface area contributed by atoms with Gasteiger partial charge in [-0.1, -0.05) is 35.9 Å². The number of nitrogens with zero attached hydrogens (tertiary/aromatic N) is 4. The quantitative estimate of drug-likeness (QED) is 0.716. The van der Waals surface area contributed by atoms with Crippen LogP contribution in [0.1, 0.15) is 11.4 Å². The molecule has 0 aliphatic rings. The van der Waals surface area contributed by atoms with Crippen molar-refractivity contribution in [2.45, 2.75) is 12.7 Å². The zero-order valence-corrected chi connectivity index (χ0v) is 15.1. The van der Waals surface area contributed by atoms with Gasteiger partial charge in [-0.15, -0.1) is 16.9 Å². The molecule has 25 heavy (non-hydrogen) atoms. The summed E-state index contributed by atoms with van der Waals surface area (Å²) in [5.41, 5.74) is 2.48. The summed E-state index contributed by atoms with van der Waals surface area (Å²) in [7, 11) is 0. The first-order valence-electron chi connectivity index (χ1n) is 7.60. The van der Waals surface area contributed by atoms with Crippen LogP contribution >= 0.6 is 23.4 Å². The SMILES string of the molecule is Cc1c(Cl)cccc1NC(=O)CSCc1nnnn1-c1ccccc1. The third-order valence-corrected chi connectivity index (χ3v) is 4.88. The van der Waals surface area contributed by atoms with E-state index < -0.39 is 0 Å². The predicted molar refractivity (Wildman–Crippen MR) is 100 cm³/mol. The summed E-state index contributed by atoms with van der Waals surface area (Å²) < 4.78 is 1.67. The summed E-state index contributed by atoms with van der Waals surface area (Å²) in [4.78, 5) is 12.1. The number of para-hydroxylation sites is 1. The summed E-state index contributed by atoms with van der Waals surface area (Å²) in [5.74, 6) is 1.44. The van der Waals surface area contributed by atoms with E-state index in [1.165, 1.54) is 11.8 Å². The molecule has 8 heteroatoms. The monoisotopic (exact) mass is 373 g/mol. The number of amides is 1. The summed E-state index contributed by atoms with van der Waals surface area (Å²) >= 11 is 7.51. The van der Waals surface area contributed by atoms with Gasteiger partial charge in [0.1, 0.15) is 0 Å². The lowest BCUT2D eigenvalue weighted by Crippen LogP contribution is -2.15. The van der Waals surface area contributed by atoms with Crippen LogP contribution in [-0.4, -0.2) is 31.9 Å². The molecular weight excluding hydrogens is 358 g/mol. The molecule has 128 valence electrons. The first-order valence-corrected chi connectivity index (χ1v) is 9.14. The lowest BCUT2D eigenvalue weighted by molar-refractivity contribution is -0.113. The Morgan fingerprint density at radius 3 is 2.80 bits per heavy atom. The predicted octanol–water partition coefficient (Wildman–Crippen LogP) is 3.50. The third-order valence-electron chi connectivity index (χ3n) is 3.54. The summed E-state index contributed by atoms with van der Waals surface area (Å²) in [6, 6.07) is 15.1. The molecule has 0 saturated heterocycles. The maximum atomic E-state index is 12.1. The van der Waals surface area contributed by atoms with Crippen LogP contribution in [0.25, 0.3) is 5.69 Å². The van der Waals surface area contributed by atoms with Crippen LogP contribution in [0.2, 0.25) is 5.02 Å². The Kier molecular flexibility index (Phi) is 5.67. The largest absolute Gasteiger partial charge is 0.325 e. The molecule has 0 bridgehead atoms. The molecule has 1 aromatic heterocycles. The van der Waals surface area contributed by atoms with Crippen LogP contribution in [-0.2, 0) is 10.5 Å². The van der Waals surface area contributed by atoms with E-state index in [-0.39, 0.29) is 5.91 Å². The highest BCUT2D eigenvalue weighted by Gasteiger charge is 2.11. The fourth-order valence-electron chi connectivity index (χ4n) is 2.23. The highest BCUT2D eigenvalue weighted by Crippen LogP contribution is 2.23. The molecule has 0 aliphatic heterocycles. The van der Waals surface area contributed by atoms with Gasteiger partial charge < -0.3 is 5.32 Å². The van der Waals surface area contributed by atoms with E-state index in [0.29, 0.717) is 22.4 Å². The lowest BCUT2D eigenvalue weighted by atomic mass is 10.2. The average molecular weight is 374 g/mol. The van der Waals surface area contributed by atoms with Gasteiger partial charge in [-0.2, -0.15) is 4.68 Å². The van der Waals surface area contributed by atoms with E-state index in [9.17, 15) is 4.79 Å². The fourth-order valence-corrected chi connectivity index (χ4v) is 3.13. The topological polar surface area (TPSA) is 72.7 Å². The van der Waals surface area contributed by atoms with E-state index in [0.717, 1.165) is 16.9 Å². The Hall–Kier alpha value is -2.38. The number of benzene rings is 2. The number of hydrogen-bond acceptors (Lipinski definition) is 5. The first kappa shape index (κ1) is 17.4. The molecule has 0 fully saturated rings. The van der Waals surface area contributed by atoms with Gasteiger partial charge in [0.2, 0.25) is 5.91 Å². The van der Waals surface area contributed by atoms with Crippen molar-refractivity contribution in [3.8, 4) is 5.69 Å². The highest BCUT2D eigenvalue weighted by atomic mass is 35.5. The number of halogens is 1. The number of rotatable bonds is 6. The van der Waals surface area contributed by atoms with Gasteiger partial charge in [-0.3, -0.25) is 4.79 Å².